The molecule has 0 N–H and O–H groups in total. The number of halogens is 3. The highest BCUT2D eigenvalue weighted by molar-refractivity contribution is 7.12. The molecule has 0 atom stereocenters. The van der Waals surface area contributed by atoms with Crippen molar-refractivity contribution in [2.24, 2.45) is 0 Å². The number of alkyl halides is 3. The van der Waals surface area contributed by atoms with E-state index >= 15 is 0 Å². The van der Waals surface area contributed by atoms with Gasteiger partial charge in [0.25, 0.3) is 0 Å². The van der Waals surface area contributed by atoms with Crippen LogP contribution in [0.5, 0.6) is 5.75 Å². The summed E-state index contributed by atoms with van der Waals surface area (Å²) in [5, 5.41) is 0.845. The number of rotatable bonds is 7. The minimum atomic E-state index is -4.45. The van der Waals surface area contributed by atoms with Crippen LogP contribution >= 0.6 is 11.3 Å². The number of benzene rings is 2. The number of hydrogen-bond donors (Lipinski definition) is 0. The van der Waals surface area contributed by atoms with Gasteiger partial charge in [-0.2, -0.15) is 13.2 Å². The van der Waals surface area contributed by atoms with E-state index in [9.17, 15) is 18.0 Å². The molecule has 0 radical (unpaired) electrons. The van der Waals surface area contributed by atoms with Gasteiger partial charge in [-0.3, -0.25) is 0 Å². The standard InChI is InChI=1S/C26H21F3O4S/c1-3-31-24(30)12-11-22-16(2)20-10-9-18(13-23(20)33-22)32-15-19-14-21(17-7-5-4-6-8-17)25(34-19)26(27,28)29/h4-14H,3,15H2,1-2H3/b12-11+. The van der Waals surface area contributed by atoms with E-state index in [0.717, 1.165) is 10.9 Å². The van der Waals surface area contributed by atoms with Crippen LogP contribution < -0.4 is 4.74 Å². The van der Waals surface area contributed by atoms with Crippen LogP contribution in [0, 0.1) is 6.92 Å². The molecule has 0 amide bonds. The molecule has 0 spiro atoms. The summed E-state index contributed by atoms with van der Waals surface area (Å²) in [4.78, 5) is 11.4. The van der Waals surface area contributed by atoms with Crippen molar-refractivity contribution in [1.82, 2.24) is 0 Å². The monoisotopic (exact) mass is 486 g/mol. The van der Waals surface area contributed by atoms with Crippen LogP contribution in [0.15, 0.2) is 65.1 Å². The Balaban J connectivity index is 1.55. The normalized spacial score (nSPS) is 11.9. The second kappa shape index (κ2) is 9.77. The summed E-state index contributed by atoms with van der Waals surface area (Å²) in [6.45, 7) is 3.86. The number of thiophene rings is 1. The van der Waals surface area contributed by atoms with Gasteiger partial charge in [-0.05, 0) is 43.7 Å². The van der Waals surface area contributed by atoms with E-state index < -0.39 is 17.0 Å². The molecular weight excluding hydrogens is 465 g/mol. The highest BCUT2D eigenvalue weighted by Gasteiger charge is 2.36. The van der Waals surface area contributed by atoms with Crippen molar-refractivity contribution in [1.29, 1.82) is 0 Å². The molecule has 0 aliphatic rings. The summed E-state index contributed by atoms with van der Waals surface area (Å²) in [6.07, 6.45) is -1.61. The maximum atomic E-state index is 13.6. The van der Waals surface area contributed by atoms with Crippen molar-refractivity contribution in [3.8, 4) is 16.9 Å². The van der Waals surface area contributed by atoms with Gasteiger partial charge in [0, 0.05) is 33.5 Å². The number of hydrogen-bond acceptors (Lipinski definition) is 5. The predicted octanol–water partition coefficient (Wildman–Crippen LogP) is 7.64. The van der Waals surface area contributed by atoms with E-state index in [0.29, 0.717) is 38.9 Å². The van der Waals surface area contributed by atoms with Crippen molar-refractivity contribution >= 4 is 34.4 Å². The lowest BCUT2D eigenvalue weighted by Gasteiger charge is -2.07. The second-order valence-corrected chi connectivity index (χ2v) is 8.58. The Morgan fingerprint density at radius 3 is 2.59 bits per heavy atom. The van der Waals surface area contributed by atoms with Gasteiger partial charge in [-0.25, -0.2) is 4.79 Å². The van der Waals surface area contributed by atoms with E-state index in [1.54, 1.807) is 55.5 Å². The molecule has 8 heteroatoms. The number of ether oxygens (including phenoxy) is 2. The molecule has 0 bridgehead atoms. The van der Waals surface area contributed by atoms with Crippen molar-refractivity contribution in [3.05, 3.63) is 81.8 Å². The lowest BCUT2D eigenvalue weighted by molar-refractivity contribution is -0.137. The molecule has 0 fully saturated rings. The topological polar surface area (TPSA) is 48.7 Å². The number of aryl methyl sites for hydroxylation is 1. The average Bonchev–Trinajstić information content (AvgIpc) is 3.38. The maximum Gasteiger partial charge on any atom is 0.426 e. The van der Waals surface area contributed by atoms with Crippen molar-refractivity contribution in [3.63, 3.8) is 0 Å². The van der Waals surface area contributed by atoms with Crippen LogP contribution in [-0.4, -0.2) is 12.6 Å². The number of esters is 1. The van der Waals surface area contributed by atoms with Gasteiger partial charge < -0.3 is 13.9 Å². The molecule has 4 aromatic rings. The molecule has 0 saturated heterocycles. The molecule has 0 saturated carbocycles. The molecule has 2 aromatic carbocycles. The van der Waals surface area contributed by atoms with Crippen LogP contribution in [0.1, 0.15) is 28.0 Å². The second-order valence-electron chi connectivity index (χ2n) is 7.44. The molecule has 0 aliphatic heterocycles. The van der Waals surface area contributed by atoms with Crippen LogP contribution in [0.2, 0.25) is 0 Å². The van der Waals surface area contributed by atoms with Crippen molar-refractivity contribution < 1.29 is 31.9 Å². The molecule has 2 heterocycles. The van der Waals surface area contributed by atoms with Gasteiger partial charge in [0.2, 0.25) is 0 Å². The summed E-state index contributed by atoms with van der Waals surface area (Å²) in [6, 6.07) is 15.2. The Morgan fingerprint density at radius 1 is 1.12 bits per heavy atom. The fourth-order valence-electron chi connectivity index (χ4n) is 3.52. The summed E-state index contributed by atoms with van der Waals surface area (Å²) < 4.78 is 57.3. The van der Waals surface area contributed by atoms with E-state index in [1.165, 1.54) is 12.1 Å². The molecule has 34 heavy (non-hydrogen) atoms. The highest BCUT2D eigenvalue weighted by atomic mass is 32.1. The van der Waals surface area contributed by atoms with Crippen molar-refractivity contribution in [2.75, 3.05) is 6.61 Å². The maximum absolute atomic E-state index is 13.6. The first kappa shape index (κ1) is 23.6. The molecule has 0 unspecified atom stereocenters. The van der Waals surface area contributed by atoms with E-state index in [2.05, 4.69) is 0 Å². The summed E-state index contributed by atoms with van der Waals surface area (Å²) in [7, 11) is 0. The molecular formula is C26H21F3O4S. The minimum Gasteiger partial charge on any atom is -0.488 e. The molecule has 176 valence electrons. The Bertz CT molecular complexity index is 1330. The number of carbonyl (C=O) groups excluding carboxylic acids is 1. The van der Waals surface area contributed by atoms with Crippen LogP contribution in [0.4, 0.5) is 13.2 Å². The number of carbonyl (C=O) groups is 1. The highest BCUT2D eigenvalue weighted by Crippen LogP contribution is 2.43. The zero-order valence-corrected chi connectivity index (χ0v) is 19.3. The van der Waals surface area contributed by atoms with Gasteiger partial charge in [0.05, 0.1) is 6.61 Å². The van der Waals surface area contributed by atoms with Crippen LogP contribution in [0.25, 0.3) is 28.2 Å². The summed E-state index contributed by atoms with van der Waals surface area (Å²) >= 11 is 0.678. The number of furan rings is 1. The summed E-state index contributed by atoms with van der Waals surface area (Å²) in [5.74, 6) is 0.515. The Morgan fingerprint density at radius 2 is 1.88 bits per heavy atom. The smallest absolute Gasteiger partial charge is 0.426 e. The van der Waals surface area contributed by atoms with Gasteiger partial charge in [0.1, 0.15) is 28.6 Å². The fourth-order valence-corrected chi connectivity index (χ4v) is 4.48. The van der Waals surface area contributed by atoms with Gasteiger partial charge >= 0.3 is 12.1 Å². The van der Waals surface area contributed by atoms with E-state index in [4.69, 9.17) is 13.9 Å². The first-order valence-corrected chi connectivity index (χ1v) is 11.3. The molecule has 2 aromatic heterocycles. The first-order chi connectivity index (χ1) is 16.3. The molecule has 4 rings (SSSR count). The zero-order chi connectivity index (χ0) is 24.3. The lowest BCUT2D eigenvalue weighted by atomic mass is 10.1. The van der Waals surface area contributed by atoms with E-state index in [-0.39, 0.29) is 18.8 Å². The lowest BCUT2D eigenvalue weighted by Crippen LogP contribution is -2.03. The predicted molar refractivity (Wildman–Crippen MR) is 126 cm³/mol. The zero-order valence-electron chi connectivity index (χ0n) is 18.4. The first-order valence-electron chi connectivity index (χ1n) is 10.5. The largest absolute Gasteiger partial charge is 0.488 e. The Labute approximate surface area is 198 Å². The van der Waals surface area contributed by atoms with Crippen LogP contribution in [-0.2, 0) is 22.3 Å². The SMILES string of the molecule is CCOC(=O)/C=C/c1oc2cc(OCc3cc(-c4ccccc4)c(C(F)(F)F)s3)ccc2c1C. The van der Waals surface area contributed by atoms with Gasteiger partial charge in [-0.15, -0.1) is 11.3 Å². The Kier molecular flexibility index (Phi) is 6.79. The third-order valence-corrected chi connectivity index (χ3v) is 6.26. The fraction of sp³-hybridized carbons (Fsp3) is 0.192. The van der Waals surface area contributed by atoms with Crippen LogP contribution in [0.3, 0.4) is 0 Å². The quantitative estimate of drug-likeness (QED) is 0.199. The van der Waals surface area contributed by atoms with Gasteiger partial charge in [-0.1, -0.05) is 30.3 Å². The van der Waals surface area contributed by atoms with Crippen molar-refractivity contribution in [2.45, 2.75) is 26.6 Å². The third-order valence-electron chi connectivity index (χ3n) is 5.11. The van der Waals surface area contributed by atoms with E-state index in [1.807, 2.05) is 13.0 Å². The minimum absolute atomic E-state index is 0.0125. The number of fused-ring (bicyclic) bond motifs is 1. The summed E-state index contributed by atoms with van der Waals surface area (Å²) in [5.41, 5.74) is 2.05. The third kappa shape index (κ3) is 5.17. The average molecular weight is 487 g/mol. The Hall–Kier alpha value is -3.52. The molecule has 0 aliphatic carbocycles. The molecule has 4 nitrogen and oxygen atoms in total. The van der Waals surface area contributed by atoms with Gasteiger partial charge in [0.15, 0.2) is 0 Å².